The second-order valence-corrected chi connectivity index (χ2v) is 7.61. The molecule has 0 aliphatic rings. The molecule has 0 fully saturated rings. The zero-order valence-electron chi connectivity index (χ0n) is 20.7. The quantitative estimate of drug-likeness (QED) is 0.177. The van der Waals surface area contributed by atoms with Gasteiger partial charge < -0.3 is 33.9 Å². The van der Waals surface area contributed by atoms with Gasteiger partial charge in [-0.25, -0.2) is 14.4 Å². The van der Waals surface area contributed by atoms with Crippen LogP contribution in [0.2, 0.25) is 0 Å². The Balaban J connectivity index is 0. The minimum Gasteiger partial charge on any atom is -0.462 e. The highest BCUT2D eigenvalue weighted by Gasteiger charge is 2.33. The van der Waals surface area contributed by atoms with Gasteiger partial charge in [-0.3, -0.25) is 0 Å². The predicted octanol–water partition coefficient (Wildman–Crippen LogP) is 1.74. The average molecular weight is 489 g/mol. The van der Waals surface area contributed by atoms with E-state index in [4.69, 9.17) is 33.9 Å². The molecular formula is C24H40O10. The molecule has 0 rings (SSSR count). The monoisotopic (exact) mass is 488 g/mol. The van der Waals surface area contributed by atoms with E-state index in [-0.39, 0.29) is 38.6 Å². The molecular weight excluding hydrogens is 448 g/mol. The maximum atomic E-state index is 11.2. The summed E-state index contributed by atoms with van der Waals surface area (Å²) in [6.07, 6.45) is 2.86. The molecule has 0 aromatic carbocycles. The Kier molecular flexibility index (Phi) is 19.7. The topological polar surface area (TPSA) is 138 Å². The summed E-state index contributed by atoms with van der Waals surface area (Å²) in [6, 6.07) is 0. The molecule has 3 unspecified atom stereocenters. The Labute approximate surface area is 202 Å². The molecule has 0 amide bonds. The van der Waals surface area contributed by atoms with Gasteiger partial charge in [-0.2, -0.15) is 0 Å². The maximum absolute atomic E-state index is 11.2. The highest BCUT2D eigenvalue weighted by molar-refractivity contribution is 5.82. The number of carbonyl (C=O) groups excluding carboxylic acids is 3. The van der Waals surface area contributed by atoms with Gasteiger partial charge in [0.05, 0.1) is 43.5 Å². The third kappa shape index (κ3) is 18.0. The first-order chi connectivity index (χ1) is 16.0. The molecule has 3 atom stereocenters. The largest absolute Gasteiger partial charge is 0.462 e. The fraction of sp³-hybridized carbons (Fsp3) is 0.625. The zero-order chi connectivity index (χ0) is 26.6. The number of hydrogen-bond donors (Lipinski definition) is 2. The van der Waals surface area contributed by atoms with Crippen molar-refractivity contribution in [2.45, 2.75) is 52.4 Å². The van der Waals surface area contributed by atoms with Crippen molar-refractivity contribution in [3.63, 3.8) is 0 Å². The molecule has 10 nitrogen and oxygen atoms in total. The Hall–Kier alpha value is -2.53. The van der Waals surface area contributed by atoms with Crippen LogP contribution in [0.1, 0.15) is 34.1 Å². The fourth-order valence-electron chi connectivity index (χ4n) is 1.98. The van der Waals surface area contributed by atoms with E-state index in [1.807, 2.05) is 6.92 Å². The van der Waals surface area contributed by atoms with Crippen molar-refractivity contribution in [2.75, 3.05) is 39.6 Å². The standard InChI is InChI=1S/C15H20O6.C9H20O4/c1-5-12(16)19-9-15(8-4,10-20-13(17)6-2)11-21-14(18)7-3;1-7(11)5-12-9(3)6-13-8(2)4-10/h5-7H,1-3,8-11H2,4H3;7-11H,4-6H2,1-3H3. The van der Waals surface area contributed by atoms with E-state index in [2.05, 4.69) is 19.7 Å². The van der Waals surface area contributed by atoms with Crippen LogP contribution in [-0.2, 0) is 38.1 Å². The lowest BCUT2D eigenvalue weighted by atomic mass is 9.88. The molecule has 0 radical (unpaired) electrons. The summed E-state index contributed by atoms with van der Waals surface area (Å²) in [7, 11) is 0. The van der Waals surface area contributed by atoms with Gasteiger partial charge in [0, 0.05) is 18.2 Å². The van der Waals surface area contributed by atoms with E-state index < -0.39 is 29.4 Å². The molecule has 0 heterocycles. The molecule has 0 saturated heterocycles. The predicted molar refractivity (Wildman–Crippen MR) is 126 cm³/mol. The lowest BCUT2D eigenvalue weighted by Crippen LogP contribution is -2.38. The molecule has 10 heteroatoms. The molecule has 0 spiro atoms. The number of rotatable bonds is 17. The smallest absolute Gasteiger partial charge is 0.330 e. The van der Waals surface area contributed by atoms with Gasteiger partial charge in [-0.15, -0.1) is 0 Å². The molecule has 34 heavy (non-hydrogen) atoms. The first kappa shape index (κ1) is 33.6. The summed E-state index contributed by atoms with van der Waals surface area (Å²) in [6.45, 7) is 17.5. The van der Waals surface area contributed by atoms with E-state index >= 15 is 0 Å². The highest BCUT2D eigenvalue weighted by atomic mass is 16.6. The van der Waals surface area contributed by atoms with Crippen molar-refractivity contribution in [3.8, 4) is 0 Å². The van der Waals surface area contributed by atoms with Gasteiger partial charge in [0.25, 0.3) is 0 Å². The van der Waals surface area contributed by atoms with Gasteiger partial charge >= 0.3 is 17.9 Å². The van der Waals surface area contributed by atoms with Gasteiger partial charge in [-0.1, -0.05) is 26.7 Å². The van der Waals surface area contributed by atoms with Crippen LogP contribution in [0.4, 0.5) is 0 Å². The van der Waals surface area contributed by atoms with E-state index in [1.54, 1.807) is 20.8 Å². The molecule has 0 bridgehead atoms. The SMILES string of the molecule is C=CC(=O)OCC(CC)(COC(=O)C=C)COC(=O)C=C.CC(O)COC(C)COC(C)CO. The van der Waals surface area contributed by atoms with Gasteiger partial charge in [0.1, 0.15) is 19.8 Å². The van der Waals surface area contributed by atoms with Crippen molar-refractivity contribution < 1.29 is 48.3 Å². The Morgan fingerprint density at radius 3 is 1.47 bits per heavy atom. The molecule has 0 aromatic rings. The van der Waals surface area contributed by atoms with Gasteiger partial charge in [0.15, 0.2) is 0 Å². The second kappa shape index (κ2) is 19.9. The number of ether oxygens (including phenoxy) is 5. The maximum Gasteiger partial charge on any atom is 0.330 e. The van der Waals surface area contributed by atoms with Crippen molar-refractivity contribution in [2.24, 2.45) is 5.41 Å². The second-order valence-electron chi connectivity index (χ2n) is 7.61. The fourth-order valence-corrected chi connectivity index (χ4v) is 1.98. The van der Waals surface area contributed by atoms with Crippen LogP contribution in [0.3, 0.4) is 0 Å². The average Bonchev–Trinajstić information content (AvgIpc) is 2.85. The Morgan fingerprint density at radius 2 is 1.18 bits per heavy atom. The lowest BCUT2D eigenvalue weighted by Gasteiger charge is -2.30. The van der Waals surface area contributed by atoms with Crippen molar-refractivity contribution >= 4 is 17.9 Å². The van der Waals surface area contributed by atoms with E-state index in [9.17, 15) is 14.4 Å². The van der Waals surface area contributed by atoms with Crippen molar-refractivity contribution in [3.05, 3.63) is 38.0 Å². The summed E-state index contributed by atoms with van der Waals surface area (Å²) in [4.78, 5) is 33.5. The third-order valence-electron chi connectivity index (χ3n) is 4.31. The Bertz CT molecular complexity index is 569. The van der Waals surface area contributed by atoms with Crippen LogP contribution >= 0.6 is 0 Å². The number of carbonyl (C=O) groups is 3. The zero-order valence-corrected chi connectivity index (χ0v) is 20.7. The number of esters is 3. The molecule has 0 saturated carbocycles. The van der Waals surface area contributed by atoms with Gasteiger partial charge in [0.2, 0.25) is 0 Å². The molecule has 0 aliphatic carbocycles. The highest BCUT2D eigenvalue weighted by Crippen LogP contribution is 2.24. The number of hydrogen-bond acceptors (Lipinski definition) is 10. The summed E-state index contributed by atoms with van der Waals surface area (Å²) < 4.78 is 25.4. The first-order valence-electron chi connectivity index (χ1n) is 10.9. The summed E-state index contributed by atoms with van der Waals surface area (Å²) in [5.41, 5.74) is -0.837. The van der Waals surface area contributed by atoms with Crippen LogP contribution in [0.5, 0.6) is 0 Å². The van der Waals surface area contributed by atoms with E-state index in [0.29, 0.717) is 19.6 Å². The minimum absolute atomic E-state index is 0.0170. The van der Waals surface area contributed by atoms with Crippen molar-refractivity contribution in [1.29, 1.82) is 0 Å². The van der Waals surface area contributed by atoms with Crippen LogP contribution in [0.25, 0.3) is 0 Å². The normalized spacial score (nSPS) is 13.2. The number of aliphatic hydroxyl groups excluding tert-OH is 2. The van der Waals surface area contributed by atoms with Gasteiger partial charge in [-0.05, 0) is 27.2 Å². The lowest BCUT2D eigenvalue weighted by molar-refractivity contribution is -0.156. The molecule has 0 aliphatic heterocycles. The van der Waals surface area contributed by atoms with Crippen molar-refractivity contribution in [1.82, 2.24) is 0 Å². The summed E-state index contributed by atoms with van der Waals surface area (Å²) >= 11 is 0. The van der Waals surface area contributed by atoms with E-state index in [1.165, 1.54) is 0 Å². The van der Waals surface area contributed by atoms with Crippen LogP contribution in [-0.4, -0.2) is 86.1 Å². The van der Waals surface area contributed by atoms with Crippen LogP contribution in [0.15, 0.2) is 38.0 Å². The third-order valence-corrected chi connectivity index (χ3v) is 4.31. The molecule has 196 valence electrons. The van der Waals surface area contributed by atoms with E-state index in [0.717, 1.165) is 18.2 Å². The number of aliphatic hydroxyl groups is 2. The first-order valence-corrected chi connectivity index (χ1v) is 10.9. The minimum atomic E-state index is -0.837. The molecule has 2 N–H and O–H groups in total. The summed E-state index contributed by atoms with van der Waals surface area (Å²) in [5, 5.41) is 17.6. The van der Waals surface area contributed by atoms with Crippen LogP contribution < -0.4 is 0 Å². The summed E-state index contributed by atoms with van der Waals surface area (Å²) in [5.74, 6) is -1.84. The molecule has 0 aromatic heterocycles. The van der Waals surface area contributed by atoms with Crippen LogP contribution in [0, 0.1) is 5.41 Å². The Morgan fingerprint density at radius 1 is 0.794 bits per heavy atom.